The number of aromatic nitrogens is 3. The lowest BCUT2D eigenvalue weighted by molar-refractivity contribution is -0.140. The first-order valence-corrected chi connectivity index (χ1v) is 12.5. The number of hydrogen-bond donors (Lipinski definition) is 2. The van der Waals surface area contributed by atoms with Crippen molar-refractivity contribution in [3.63, 3.8) is 0 Å². The third-order valence-corrected chi connectivity index (χ3v) is 6.92. The van der Waals surface area contributed by atoms with Crippen molar-refractivity contribution >= 4 is 40.0 Å². The maximum absolute atomic E-state index is 13.5. The molecule has 8 nitrogen and oxygen atoms in total. The number of fused-ring (bicyclic) bond motifs is 1. The topological polar surface area (TPSA) is 92.2 Å². The van der Waals surface area contributed by atoms with Crippen LogP contribution in [0.5, 0.6) is 0 Å². The Labute approximate surface area is 216 Å². The molecular formula is C25H26ClF3N6O2. The van der Waals surface area contributed by atoms with Crippen molar-refractivity contribution in [2.75, 3.05) is 18.4 Å². The van der Waals surface area contributed by atoms with Crippen LogP contribution in [0.1, 0.15) is 42.2 Å². The predicted octanol–water partition coefficient (Wildman–Crippen LogP) is 4.34. The van der Waals surface area contributed by atoms with Gasteiger partial charge in [-0.2, -0.15) is 18.3 Å². The number of halogens is 4. The summed E-state index contributed by atoms with van der Waals surface area (Å²) < 4.78 is 42.4. The van der Waals surface area contributed by atoms with Crippen LogP contribution in [0.15, 0.2) is 36.7 Å². The van der Waals surface area contributed by atoms with Gasteiger partial charge >= 0.3 is 6.18 Å². The van der Waals surface area contributed by atoms with E-state index in [1.807, 2.05) is 0 Å². The molecule has 5 rings (SSSR count). The maximum Gasteiger partial charge on any atom is 0.433 e. The van der Waals surface area contributed by atoms with Crippen LogP contribution in [-0.2, 0) is 17.5 Å². The normalized spacial score (nSPS) is 20.2. The van der Waals surface area contributed by atoms with Gasteiger partial charge in [0.2, 0.25) is 5.91 Å². The van der Waals surface area contributed by atoms with E-state index in [0.717, 1.165) is 12.6 Å². The number of carbonyl (C=O) groups excluding carboxylic acids is 2. The Hall–Kier alpha value is -3.34. The molecule has 196 valence electrons. The van der Waals surface area contributed by atoms with E-state index < -0.39 is 24.0 Å². The van der Waals surface area contributed by atoms with Crippen molar-refractivity contribution in [1.29, 1.82) is 0 Å². The molecule has 3 heterocycles. The van der Waals surface area contributed by atoms with Crippen LogP contribution >= 0.6 is 11.6 Å². The number of hydrogen-bond acceptors (Lipinski definition) is 5. The van der Waals surface area contributed by atoms with Gasteiger partial charge in [0, 0.05) is 60.9 Å². The van der Waals surface area contributed by atoms with Crippen LogP contribution in [0.25, 0.3) is 10.9 Å². The number of benzene rings is 1. The molecule has 12 heteroatoms. The lowest BCUT2D eigenvalue weighted by atomic mass is 9.99. The van der Waals surface area contributed by atoms with Gasteiger partial charge in [-0.25, -0.2) is 4.98 Å². The summed E-state index contributed by atoms with van der Waals surface area (Å²) in [7, 11) is 0. The molecule has 0 radical (unpaired) electrons. The summed E-state index contributed by atoms with van der Waals surface area (Å²) in [6.07, 6.45) is 1.33. The maximum atomic E-state index is 13.5. The van der Waals surface area contributed by atoms with Gasteiger partial charge < -0.3 is 15.5 Å². The lowest BCUT2D eigenvalue weighted by Gasteiger charge is -2.38. The molecule has 2 atom stereocenters. The number of piperidine rings is 1. The summed E-state index contributed by atoms with van der Waals surface area (Å²) in [6, 6.07) is 4.59. The number of alkyl halides is 3. The Kier molecular flexibility index (Phi) is 6.74. The molecule has 2 aliphatic rings. The summed E-state index contributed by atoms with van der Waals surface area (Å²) >= 11 is 6.11. The minimum atomic E-state index is -4.64. The third kappa shape index (κ3) is 5.98. The van der Waals surface area contributed by atoms with Crippen LogP contribution in [0, 0.1) is 5.92 Å². The first-order valence-electron chi connectivity index (χ1n) is 12.1. The van der Waals surface area contributed by atoms with E-state index in [1.165, 1.54) is 38.1 Å². The first kappa shape index (κ1) is 25.3. The van der Waals surface area contributed by atoms with Gasteiger partial charge in [-0.1, -0.05) is 11.6 Å². The van der Waals surface area contributed by atoms with Crippen LogP contribution in [0.3, 0.4) is 0 Å². The fourth-order valence-corrected chi connectivity index (χ4v) is 4.83. The molecule has 1 aliphatic carbocycles. The van der Waals surface area contributed by atoms with Gasteiger partial charge in [-0.05, 0) is 49.4 Å². The van der Waals surface area contributed by atoms with E-state index in [2.05, 4.69) is 20.7 Å². The van der Waals surface area contributed by atoms with E-state index in [4.69, 9.17) is 11.6 Å². The quantitative estimate of drug-likeness (QED) is 0.491. The highest BCUT2D eigenvalue weighted by atomic mass is 35.5. The molecule has 2 N–H and O–H groups in total. The van der Waals surface area contributed by atoms with Gasteiger partial charge in [0.05, 0.1) is 17.3 Å². The van der Waals surface area contributed by atoms with Crippen LogP contribution in [0.2, 0.25) is 5.02 Å². The third-order valence-electron chi connectivity index (χ3n) is 6.69. The number of likely N-dealkylation sites (tertiary alicyclic amines) is 1. The monoisotopic (exact) mass is 534 g/mol. The fourth-order valence-electron chi connectivity index (χ4n) is 4.66. The summed E-state index contributed by atoms with van der Waals surface area (Å²) in [5, 5.41) is 11.2. The lowest BCUT2D eigenvalue weighted by Crippen LogP contribution is -2.55. The molecule has 1 saturated heterocycles. The zero-order valence-corrected chi connectivity index (χ0v) is 20.8. The molecule has 3 aromatic rings. The number of rotatable bonds is 6. The van der Waals surface area contributed by atoms with Crippen molar-refractivity contribution in [1.82, 2.24) is 25.0 Å². The molecule has 1 aromatic carbocycles. The molecule has 0 unspecified atom stereocenters. The molecule has 0 spiro atoms. The summed E-state index contributed by atoms with van der Waals surface area (Å²) in [4.78, 5) is 30.5. The average Bonchev–Trinajstić information content (AvgIpc) is 3.52. The van der Waals surface area contributed by atoms with Crippen molar-refractivity contribution in [3.05, 3.63) is 52.9 Å². The van der Waals surface area contributed by atoms with E-state index >= 15 is 0 Å². The Morgan fingerprint density at radius 1 is 1.16 bits per heavy atom. The Bertz CT molecular complexity index is 1340. The van der Waals surface area contributed by atoms with Crippen molar-refractivity contribution in [3.8, 4) is 0 Å². The number of amides is 2. The highest BCUT2D eigenvalue weighted by Crippen LogP contribution is 2.35. The van der Waals surface area contributed by atoms with E-state index in [0.29, 0.717) is 34.9 Å². The van der Waals surface area contributed by atoms with Crippen molar-refractivity contribution in [2.45, 2.75) is 51.0 Å². The average molecular weight is 535 g/mol. The van der Waals surface area contributed by atoms with Crippen LogP contribution in [0.4, 0.5) is 18.9 Å². The smallest absolute Gasteiger partial charge is 0.380 e. The Balaban J connectivity index is 1.36. The van der Waals surface area contributed by atoms with Crippen LogP contribution in [-0.4, -0.2) is 56.7 Å². The molecule has 0 bridgehead atoms. The predicted molar refractivity (Wildman–Crippen MR) is 132 cm³/mol. The first-order chi connectivity index (χ1) is 17.5. The molecule has 1 saturated carbocycles. The molecule has 2 fully saturated rings. The standard InChI is InChI=1S/C25H26ClF3N6O2/c1-14(36)34-12-18(7-19(13-34)32-24(37)16-9-30-35(11-16)10-15-2-3-15)31-22-8-23(25(27,28)29)33-21-5-4-17(26)6-20(21)22/h4-6,8-9,11,15,18-19H,2-3,7,10,12-13H2,1H3,(H,31,33)(H,32,37)/t18-,19+/m1/s1. The Morgan fingerprint density at radius 2 is 1.92 bits per heavy atom. The number of pyridine rings is 1. The fraction of sp³-hybridized carbons (Fsp3) is 0.440. The van der Waals surface area contributed by atoms with E-state index in [1.54, 1.807) is 21.8 Å². The van der Waals surface area contributed by atoms with Gasteiger partial charge in [0.15, 0.2) is 0 Å². The van der Waals surface area contributed by atoms with Gasteiger partial charge in [0.1, 0.15) is 5.69 Å². The molecule has 37 heavy (non-hydrogen) atoms. The highest BCUT2D eigenvalue weighted by molar-refractivity contribution is 6.31. The van der Waals surface area contributed by atoms with Gasteiger partial charge in [0.25, 0.3) is 5.91 Å². The Morgan fingerprint density at radius 3 is 2.62 bits per heavy atom. The molecule has 2 aromatic heterocycles. The molecule has 1 aliphatic heterocycles. The minimum Gasteiger partial charge on any atom is -0.380 e. The SMILES string of the molecule is CC(=O)N1C[C@@H](NC(=O)c2cnn(CC3CC3)c2)C[C@@H](Nc2cc(C(F)(F)F)nc3ccc(Cl)cc23)C1. The zero-order chi connectivity index (χ0) is 26.3. The number of anilines is 1. The van der Waals surface area contributed by atoms with Gasteiger partial charge in [-0.15, -0.1) is 0 Å². The number of nitrogens with zero attached hydrogens (tertiary/aromatic N) is 4. The number of nitrogens with one attached hydrogen (secondary N) is 2. The van der Waals surface area contributed by atoms with Crippen LogP contribution < -0.4 is 10.6 Å². The number of carbonyl (C=O) groups is 2. The van der Waals surface area contributed by atoms with Gasteiger partial charge in [-0.3, -0.25) is 14.3 Å². The molecule has 2 amide bonds. The summed E-state index contributed by atoms with van der Waals surface area (Å²) in [6.45, 7) is 2.77. The van der Waals surface area contributed by atoms with E-state index in [-0.39, 0.29) is 29.6 Å². The van der Waals surface area contributed by atoms with Crippen molar-refractivity contribution in [2.24, 2.45) is 5.92 Å². The second-order valence-electron chi connectivity index (χ2n) is 9.78. The zero-order valence-electron chi connectivity index (χ0n) is 20.1. The second-order valence-corrected chi connectivity index (χ2v) is 10.2. The summed E-state index contributed by atoms with van der Waals surface area (Å²) in [5.41, 5.74) is -0.248. The summed E-state index contributed by atoms with van der Waals surface area (Å²) in [5.74, 6) is 0.112. The largest absolute Gasteiger partial charge is 0.433 e. The highest BCUT2D eigenvalue weighted by Gasteiger charge is 2.35. The molecular weight excluding hydrogens is 509 g/mol. The van der Waals surface area contributed by atoms with E-state index in [9.17, 15) is 22.8 Å². The minimum absolute atomic E-state index is 0.147. The van der Waals surface area contributed by atoms with Crippen molar-refractivity contribution < 1.29 is 22.8 Å². The second kappa shape index (κ2) is 9.85.